The molecule has 0 saturated carbocycles. The summed E-state index contributed by atoms with van der Waals surface area (Å²) in [4.78, 5) is 14.0. The third-order valence-electron chi connectivity index (χ3n) is 2.97. The Morgan fingerprint density at radius 1 is 1.29 bits per heavy atom. The van der Waals surface area contributed by atoms with Crippen LogP contribution in [0.5, 0.6) is 0 Å². The number of nitrogens with zero attached hydrogens (tertiary/aromatic N) is 4. The van der Waals surface area contributed by atoms with Crippen molar-refractivity contribution in [2.24, 2.45) is 4.99 Å². The molecule has 0 spiro atoms. The van der Waals surface area contributed by atoms with E-state index in [0.29, 0.717) is 13.1 Å². The first kappa shape index (κ1) is 13.6. The second-order valence-corrected chi connectivity index (χ2v) is 5.30. The van der Waals surface area contributed by atoms with E-state index in [1.54, 1.807) is 24.6 Å². The first-order valence-corrected chi connectivity index (χ1v) is 7.48. The molecule has 0 amide bonds. The van der Waals surface area contributed by atoms with Crippen molar-refractivity contribution in [3.63, 3.8) is 0 Å². The van der Waals surface area contributed by atoms with Gasteiger partial charge in [-0.2, -0.15) is 0 Å². The Labute approximate surface area is 126 Å². The van der Waals surface area contributed by atoms with Gasteiger partial charge in [-0.25, -0.2) is 4.98 Å². The molecule has 2 N–H and O–H groups in total. The van der Waals surface area contributed by atoms with E-state index in [9.17, 15) is 0 Å². The Bertz CT molecular complexity index is 702. The number of nitrogens with one attached hydrogen (secondary N) is 2. The van der Waals surface area contributed by atoms with Crippen LogP contribution in [-0.2, 0) is 13.1 Å². The van der Waals surface area contributed by atoms with Gasteiger partial charge in [0.1, 0.15) is 0 Å². The molecule has 108 valence electrons. The van der Waals surface area contributed by atoms with Gasteiger partial charge < -0.3 is 10.6 Å². The van der Waals surface area contributed by atoms with Gasteiger partial charge in [-0.3, -0.25) is 14.4 Å². The van der Waals surface area contributed by atoms with Crippen molar-refractivity contribution in [3.05, 3.63) is 53.6 Å². The van der Waals surface area contributed by atoms with Crippen LogP contribution in [0.4, 0.5) is 0 Å². The second-order valence-electron chi connectivity index (χ2n) is 4.43. The van der Waals surface area contributed by atoms with Crippen molar-refractivity contribution in [2.75, 3.05) is 7.05 Å². The molecule has 3 aromatic heterocycles. The van der Waals surface area contributed by atoms with E-state index in [1.807, 2.05) is 40.4 Å². The van der Waals surface area contributed by atoms with E-state index in [2.05, 4.69) is 25.6 Å². The Morgan fingerprint density at radius 2 is 2.14 bits per heavy atom. The molecule has 0 aliphatic heterocycles. The van der Waals surface area contributed by atoms with E-state index < -0.39 is 0 Å². The third kappa shape index (κ3) is 3.38. The molecule has 7 heteroatoms. The van der Waals surface area contributed by atoms with E-state index in [0.717, 1.165) is 22.3 Å². The predicted molar refractivity (Wildman–Crippen MR) is 84.3 cm³/mol. The number of hydrogen-bond donors (Lipinski definition) is 2. The topological polar surface area (TPSA) is 66.6 Å². The standard InChI is InChI=1S/C14H16N6S/c1-15-13(17-8-11-4-2-3-5-16-11)18-9-12-10-20-6-7-21-14(20)19-12/h2-7,10H,8-9H2,1H3,(H2,15,17,18). The summed E-state index contributed by atoms with van der Waals surface area (Å²) in [6.07, 6.45) is 5.81. The molecule has 0 unspecified atom stereocenters. The summed E-state index contributed by atoms with van der Waals surface area (Å²) >= 11 is 1.63. The van der Waals surface area contributed by atoms with Gasteiger partial charge in [-0.1, -0.05) is 6.07 Å². The number of aromatic nitrogens is 3. The van der Waals surface area contributed by atoms with E-state index in [4.69, 9.17) is 0 Å². The fraction of sp³-hybridized carbons (Fsp3) is 0.214. The van der Waals surface area contributed by atoms with Crippen LogP contribution in [0, 0.1) is 0 Å². The zero-order chi connectivity index (χ0) is 14.5. The van der Waals surface area contributed by atoms with Gasteiger partial charge in [0.15, 0.2) is 10.9 Å². The molecule has 21 heavy (non-hydrogen) atoms. The van der Waals surface area contributed by atoms with Crippen LogP contribution < -0.4 is 10.6 Å². The van der Waals surface area contributed by atoms with Crippen LogP contribution in [0.1, 0.15) is 11.4 Å². The monoisotopic (exact) mass is 300 g/mol. The largest absolute Gasteiger partial charge is 0.351 e. The van der Waals surface area contributed by atoms with Gasteiger partial charge in [0.05, 0.1) is 24.5 Å². The zero-order valence-electron chi connectivity index (χ0n) is 11.7. The first-order valence-electron chi connectivity index (χ1n) is 6.60. The van der Waals surface area contributed by atoms with E-state index in [-0.39, 0.29) is 0 Å². The van der Waals surface area contributed by atoms with Crippen LogP contribution in [0.3, 0.4) is 0 Å². The van der Waals surface area contributed by atoms with Crippen molar-refractivity contribution >= 4 is 22.3 Å². The number of fused-ring (bicyclic) bond motifs is 1. The molecule has 0 aliphatic rings. The van der Waals surface area contributed by atoms with Crippen LogP contribution >= 0.6 is 11.3 Å². The molecule has 0 aliphatic carbocycles. The lowest BCUT2D eigenvalue weighted by Gasteiger charge is -2.10. The Hall–Kier alpha value is -2.41. The van der Waals surface area contributed by atoms with Crippen LogP contribution in [-0.4, -0.2) is 27.4 Å². The summed E-state index contributed by atoms with van der Waals surface area (Å²) in [5, 5.41) is 8.50. The molecule has 3 rings (SSSR count). The molecule has 3 aromatic rings. The molecule has 0 radical (unpaired) electrons. The Balaban J connectivity index is 1.54. The molecule has 6 nitrogen and oxygen atoms in total. The van der Waals surface area contributed by atoms with Crippen LogP contribution in [0.25, 0.3) is 4.96 Å². The highest BCUT2D eigenvalue weighted by atomic mass is 32.1. The van der Waals surface area contributed by atoms with Gasteiger partial charge >= 0.3 is 0 Å². The lowest BCUT2D eigenvalue weighted by Crippen LogP contribution is -2.36. The van der Waals surface area contributed by atoms with E-state index >= 15 is 0 Å². The Kier molecular flexibility index (Phi) is 4.11. The maximum atomic E-state index is 4.52. The Morgan fingerprint density at radius 3 is 2.86 bits per heavy atom. The molecular formula is C14H16N6S. The quantitative estimate of drug-likeness (QED) is 0.568. The summed E-state index contributed by atoms with van der Waals surface area (Å²) in [7, 11) is 1.75. The lowest BCUT2D eigenvalue weighted by atomic mass is 10.3. The third-order valence-corrected chi connectivity index (χ3v) is 3.74. The van der Waals surface area contributed by atoms with E-state index in [1.165, 1.54) is 0 Å². The number of pyridine rings is 1. The maximum absolute atomic E-state index is 4.52. The van der Waals surface area contributed by atoms with Gasteiger partial charge in [-0.05, 0) is 12.1 Å². The highest BCUT2D eigenvalue weighted by Gasteiger charge is 2.04. The average molecular weight is 300 g/mol. The molecule has 0 saturated heterocycles. The first-order chi connectivity index (χ1) is 10.3. The number of guanidine groups is 1. The number of aliphatic imine (C=N–C) groups is 1. The highest BCUT2D eigenvalue weighted by Crippen LogP contribution is 2.10. The summed E-state index contributed by atoms with van der Waals surface area (Å²) in [6.45, 7) is 1.27. The molecular weight excluding hydrogens is 284 g/mol. The van der Waals surface area contributed by atoms with Gasteiger partial charge in [-0.15, -0.1) is 11.3 Å². The fourth-order valence-corrected chi connectivity index (χ4v) is 2.65. The summed E-state index contributed by atoms with van der Waals surface area (Å²) in [6, 6.07) is 5.85. The number of thiazole rings is 1. The van der Waals surface area contributed by atoms with Crippen molar-refractivity contribution in [1.29, 1.82) is 0 Å². The minimum absolute atomic E-state index is 0.635. The molecule has 0 aromatic carbocycles. The minimum atomic E-state index is 0.635. The summed E-state index contributed by atoms with van der Waals surface area (Å²) < 4.78 is 2.02. The lowest BCUT2D eigenvalue weighted by molar-refractivity contribution is 0.786. The second kappa shape index (κ2) is 6.36. The molecule has 3 heterocycles. The molecule has 0 atom stereocenters. The number of rotatable bonds is 4. The minimum Gasteiger partial charge on any atom is -0.351 e. The molecule has 0 fully saturated rings. The van der Waals surface area contributed by atoms with Gasteiger partial charge in [0.2, 0.25) is 0 Å². The van der Waals surface area contributed by atoms with Crippen molar-refractivity contribution < 1.29 is 0 Å². The predicted octanol–water partition coefficient (Wildman–Crippen LogP) is 1.66. The van der Waals surface area contributed by atoms with Gasteiger partial charge in [0, 0.05) is 31.0 Å². The highest BCUT2D eigenvalue weighted by molar-refractivity contribution is 7.15. The van der Waals surface area contributed by atoms with Crippen molar-refractivity contribution in [2.45, 2.75) is 13.1 Å². The molecule has 0 bridgehead atoms. The van der Waals surface area contributed by atoms with Crippen molar-refractivity contribution in [1.82, 2.24) is 25.0 Å². The fourth-order valence-electron chi connectivity index (χ4n) is 1.93. The number of hydrogen-bond acceptors (Lipinski definition) is 4. The zero-order valence-corrected chi connectivity index (χ0v) is 12.5. The SMILES string of the molecule is CN=C(NCc1ccccn1)NCc1cn2ccsc2n1. The average Bonchev–Trinajstić information content (AvgIpc) is 3.10. The van der Waals surface area contributed by atoms with Crippen molar-refractivity contribution in [3.8, 4) is 0 Å². The number of imidazole rings is 1. The maximum Gasteiger partial charge on any atom is 0.193 e. The van der Waals surface area contributed by atoms with Crippen LogP contribution in [0.15, 0.2) is 47.2 Å². The smallest absolute Gasteiger partial charge is 0.193 e. The van der Waals surface area contributed by atoms with Crippen LogP contribution in [0.2, 0.25) is 0 Å². The van der Waals surface area contributed by atoms with Gasteiger partial charge in [0.25, 0.3) is 0 Å². The summed E-state index contributed by atoms with van der Waals surface area (Å²) in [5.41, 5.74) is 1.96. The summed E-state index contributed by atoms with van der Waals surface area (Å²) in [5.74, 6) is 0.733. The normalized spacial score (nSPS) is 11.8.